The van der Waals surface area contributed by atoms with Gasteiger partial charge in [-0.2, -0.15) is 0 Å². The van der Waals surface area contributed by atoms with E-state index in [0.29, 0.717) is 11.3 Å². The van der Waals surface area contributed by atoms with E-state index in [4.69, 9.17) is 0 Å². The van der Waals surface area contributed by atoms with Gasteiger partial charge in [0.05, 0.1) is 0 Å². The molecule has 12 nitrogen and oxygen atoms in total. The summed E-state index contributed by atoms with van der Waals surface area (Å²) in [4.78, 5) is 60.7. The fraction of sp³-hybridized carbons (Fsp3) is 0.286. The van der Waals surface area contributed by atoms with Crippen LogP contribution in [0.5, 0.6) is 0 Å². The average Bonchev–Trinajstić information content (AvgIpc) is 3.31. The molecular weight excluding hydrogens is 539 g/mol. The second-order valence-corrected chi connectivity index (χ2v) is 5.50. The Morgan fingerprint density at radius 3 is 1.33 bits per heavy atom. The average molecular weight is 553 g/mol. The Bertz CT molecular complexity index is 1260. The number of nitrogens with zero attached hydrogens (tertiary/aromatic N) is 8. The zero-order chi connectivity index (χ0) is 19.2. The summed E-state index contributed by atoms with van der Waals surface area (Å²) in [6, 6.07) is 0. The third-order valence-electron chi connectivity index (χ3n) is 3.95. The SMILES string of the molecule is Cn1c(=O)c2[n-]cnc2n(C)c1=O.Cn1c(=O)c2[n-]cnc2n(C)c1=O.[Pt+2]. The first-order chi connectivity index (χ1) is 12.3. The van der Waals surface area contributed by atoms with Crippen LogP contribution in [0.1, 0.15) is 0 Å². The van der Waals surface area contributed by atoms with Gasteiger partial charge in [-0.25, -0.2) is 9.59 Å². The minimum absolute atomic E-state index is 0. The van der Waals surface area contributed by atoms with Gasteiger partial charge in [-0.05, 0) is 0 Å². The molecule has 0 saturated heterocycles. The van der Waals surface area contributed by atoms with Crippen molar-refractivity contribution in [2.24, 2.45) is 28.2 Å². The van der Waals surface area contributed by atoms with E-state index in [1.54, 1.807) is 14.1 Å². The van der Waals surface area contributed by atoms with Crippen molar-refractivity contribution in [1.29, 1.82) is 0 Å². The summed E-state index contributed by atoms with van der Waals surface area (Å²) in [6.45, 7) is 0. The minimum atomic E-state index is -0.407. The maximum Gasteiger partial charge on any atom is 2.00 e. The van der Waals surface area contributed by atoms with Crippen LogP contribution in [0.2, 0.25) is 0 Å². The van der Waals surface area contributed by atoms with Gasteiger partial charge in [-0.3, -0.25) is 27.9 Å². The van der Waals surface area contributed by atoms with Gasteiger partial charge in [0.25, 0.3) is 11.1 Å². The van der Waals surface area contributed by atoms with Crippen molar-refractivity contribution >= 4 is 22.3 Å². The first-order valence-corrected chi connectivity index (χ1v) is 7.32. The predicted octanol–water partition coefficient (Wildman–Crippen LogP) is -2.82. The Hall–Kier alpha value is -3.01. The van der Waals surface area contributed by atoms with E-state index in [1.807, 2.05) is 0 Å². The van der Waals surface area contributed by atoms with E-state index in [1.165, 1.54) is 35.9 Å². The zero-order valence-corrected chi connectivity index (χ0v) is 17.0. The number of hydrogen-bond acceptors (Lipinski definition) is 6. The van der Waals surface area contributed by atoms with Gasteiger partial charge in [0.15, 0.2) is 0 Å². The second kappa shape index (κ2) is 7.31. The van der Waals surface area contributed by atoms with Crippen LogP contribution in [0.15, 0.2) is 31.8 Å². The molecule has 27 heavy (non-hydrogen) atoms. The Morgan fingerprint density at radius 2 is 1.00 bits per heavy atom. The third kappa shape index (κ3) is 3.12. The van der Waals surface area contributed by atoms with Crippen LogP contribution in [0.4, 0.5) is 0 Å². The fourth-order valence-electron chi connectivity index (χ4n) is 2.44. The van der Waals surface area contributed by atoms with Gasteiger partial charge in [-0.1, -0.05) is 12.7 Å². The number of imidazole rings is 2. The van der Waals surface area contributed by atoms with Gasteiger partial charge in [0.2, 0.25) is 0 Å². The van der Waals surface area contributed by atoms with E-state index in [2.05, 4.69) is 19.9 Å². The van der Waals surface area contributed by atoms with Crippen molar-refractivity contribution in [3.63, 3.8) is 0 Å². The third-order valence-corrected chi connectivity index (χ3v) is 3.95. The van der Waals surface area contributed by atoms with Crippen LogP contribution in [0.3, 0.4) is 0 Å². The predicted molar refractivity (Wildman–Crippen MR) is 91.1 cm³/mol. The first-order valence-electron chi connectivity index (χ1n) is 7.32. The molecule has 0 aliphatic heterocycles. The van der Waals surface area contributed by atoms with E-state index in [-0.39, 0.29) is 32.1 Å². The molecule has 0 unspecified atom stereocenters. The molecule has 0 fully saturated rings. The Morgan fingerprint density at radius 1 is 0.667 bits per heavy atom. The summed E-state index contributed by atoms with van der Waals surface area (Å²) in [6.07, 6.45) is 2.54. The number of rotatable bonds is 0. The van der Waals surface area contributed by atoms with E-state index < -0.39 is 22.5 Å². The van der Waals surface area contributed by atoms with Crippen LogP contribution >= 0.6 is 0 Å². The van der Waals surface area contributed by atoms with E-state index in [9.17, 15) is 19.2 Å². The van der Waals surface area contributed by atoms with Gasteiger partial charge >= 0.3 is 32.4 Å². The molecule has 4 heterocycles. The van der Waals surface area contributed by atoms with Crippen molar-refractivity contribution in [2.75, 3.05) is 0 Å². The quantitative estimate of drug-likeness (QED) is 0.227. The smallest absolute Gasteiger partial charge is 0.437 e. The number of aryl methyl sites for hydroxylation is 2. The van der Waals surface area contributed by atoms with Crippen molar-refractivity contribution < 1.29 is 21.1 Å². The topological polar surface area (TPSA) is 142 Å². The number of hydrogen-bond donors (Lipinski definition) is 0. The molecule has 0 aromatic carbocycles. The van der Waals surface area contributed by atoms with E-state index in [0.717, 1.165) is 9.13 Å². The molecule has 0 radical (unpaired) electrons. The summed E-state index contributed by atoms with van der Waals surface area (Å²) in [5.74, 6) is 0. The van der Waals surface area contributed by atoms with Gasteiger partial charge < -0.3 is 19.9 Å². The molecule has 0 atom stereocenters. The largest absolute Gasteiger partial charge is 2.00 e. The molecule has 0 spiro atoms. The summed E-state index contributed by atoms with van der Waals surface area (Å²) in [5.41, 5.74) is -0.488. The molecule has 4 aromatic heterocycles. The van der Waals surface area contributed by atoms with Gasteiger partial charge in [-0.15, -0.1) is 0 Å². The molecule has 0 aliphatic carbocycles. The molecule has 0 saturated carbocycles. The summed E-state index contributed by atoms with van der Waals surface area (Å²) in [7, 11) is 5.94. The molecule has 0 bridgehead atoms. The van der Waals surface area contributed by atoms with Crippen molar-refractivity contribution in [1.82, 2.24) is 38.2 Å². The van der Waals surface area contributed by atoms with E-state index >= 15 is 0 Å². The molecule has 144 valence electrons. The Balaban J connectivity index is 0.000000187. The normalized spacial score (nSPS) is 10.5. The molecule has 0 aliphatic rings. The number of fused-ring (bicyclic) bond motifs is 2. The van der Waals surface area contributed by atoms with Gasteiger partial charge in [0, 0.05) is 50.5 Å². The second-order valence-electron chi connectivity index (χ2n) is 5.50. The van der Waals surface area contributed by atoms with Crippen molar-refractivity contribution in [3.8, 4) is 0 Å². The van der Waals surface area contributed by atoms with Crippen molar-refractivity contribution in [3.05, 3.63) is 54.3 Å². The zero-order valence-electron chi connectivity index (χ0n) is 14.7. The molecule has 0 amide bonds. The molecule has 4 aromatic rings. The van der Waals surface area contributed by atoms with Crippen LogP contribution in [-0.4, -0.2) is 28.2 Å². The monoisotopic (exact) mass is 553 g/mol. The van der Waals surface area contributed by atoms with Crippen LogP contribution in [0.25, 0.3) is 22.3 Å². The summed E-state index contributed by atoms with van der Waals surface area (Å²) < 4.78 is 4.61. The van der Waals surface area contributed by atoms with Crippen molar-refractivity contribution in [2.45, 2.75) is 0 Å². The summed E-state index contributed by atoms with van der Waals surface area (Å²) in [5, 5.41) is 0. The molecular formula is C14H14N8O4Pt. The maximum atomic E-state index is 11.4. The molecule has 13 heteroatoms. The Labute approximate surface area is 164 Å². The first kappa shape index (κ1) is 20.3. The maximum absolute atomic E-state index is 11.4. The standard InChI is InChI=1S/2C7H8N4O2.Pt/c2*1-10-5-4(8-3-9-5)6(12)11(2)7(10)13;/h2*3H,1-2H3,(H,8,9,12);/q;;+2/p-2. The molecule has 0 N–H and O–H groups in total. The Kier molecular flexibility index (Phi) is 5.50. The minimum Gasteiger partial charge on any atom is -0.437 e. The summed E-state index contributed by atoms with van der Waals surface area (Å²) >= 11 is 0. The molecule has 4 rings (SSSR count). The fourth-order valence-corrected chi connectivity index (χ4v) is 2.44. The van der Waals surface area contributed by atoms with Gasteiger partial charge in [0.1, 0.15) is 0 Å². The van der Waals surface area contributed by atoms with Crippen LogP contribution in [0, 0.1) is 0 Å². The number of aromatic nitrogens is 8. The van der Waals surface area contributed by atoms with Crippen LogP contribution in [-0.2, 0) is 49.3 Å². The van der Waals surface area contributed by atoms with Crippen LogP contribution < -0.4 is 32.5 Å².